The Morgan fingerprint density at radius 2 is 2.17 bits per heavy atom. The molecule has 0 bridgehead atoms. The van der Waals surface area contributed by atoms with Crippen LogP contribution in [0.15, 0.2) is 12.2 Å². The Labute approximate surface area is 76.5 Å². The third-order valence-electron chi connectivity index (χ3n) is 2.85. The molecule has 0 aliphatic carbocycles. The fourth-order valence-corrected chi connectivity index (χ4v) is 2.20. The van der Waals surface area contributed by atoms with E-state index in [4.69, 9.17) is 0 Å². The van der Waals surface area contributed by atoms with Gasteiger partial charge in [-0.3, -0.25) is 4.90 Å². The van der Waals surface area contributed by atoms with Crippen molar-refractivity contribution in [2.24, 2.45) is 0 Å². The van der Waals surface area contributed by atoms with E-state index >= 15 is 0 Å². The Hall–Kier alpha value is -0.300. The monoisotopic (exact) mass is 167 g/mol. The Morgan fingerprint density at radius 3 is 2.58 bits per heavy atom. The van der Waals surface area contributed by atoms with Gasteiger partial charge in [0.1, 0.15) is 0 Å². The molecule has 0 saturated carbocycles. The molecule has 1 aliphatic rings. The molecule has 0 aromatic rings. The van der Waals surface area contributed by atoms with Crippen molar-refractivity contribution < 1.29 is 0 Å². The highest BCUT2D eigenvalue weighted by Crippen LogP contribution is 2.26. The van der Waals surface area contributed by atoms with Gasteiger partial charge in [-0.05, 0) is 27.2 Å². The molecule has 0 amide bonds. The van der Waals surface area contributed by atoms with Gasteiger partial charge in [0, 0.05) is 18.1 Å². The predicted octanol–water partition coefficient (Wildman–Crippen LogP) is 2.83. The minimum atomic E-state index is 0.373. The third kappa shape index (κ3) is 1.89. The van der Waals surface area contributed by atoms with E-state index in [1.54, 1.807) is 0 Å². The number of rotatable bonds is 3. The largest absolute Gasteiger partial charge is 0.288 e. The Kier molecular flexibility index (Phi) is 2.94. The fourth-order valence-electron chi connectivity index (χ4n) is 2.20. The summed E-state index contributed by atoms with van der Waals surface area (Å²) in [6.07, 6.45) is 7.15. The second-order valence-electron chi connectivity index (χ2n) is 4.38. The highest BCUT2D eigenvalue weighted by molar-refractivity contribution is 5.06. The number of hydrogen-bond acceptors (Lipinski definition) is 1. The summed E-state index contributed by atoms with van der Waals surface area (Å²) >= 11 is 0. The maximum absolute atomic E-state index is 2.57. The molecular formula is C11H21N. The van der Waals surface area contributed by atoms with Crippen molar-refractivity contribution in [3.8, 4) is 0 Å². The minimum Gasteiger partial charge on any atom is -0.288 e. The summed E-state index contributed by atoms with van der Waals surface area (Å²) in [5, 5.41) is 0. The third-order valence-corrected chi connectivity index (χ3v) is 2.85. The Morgan fingerprint density at radius 1 is 1.50 bits per heavy atom. The van der Waals surface area contributed by atoms with E-state index in [-0.39, 0.29) is 0 Å². The molecule has 0 saturated heterocycles. The minimum absolute atomic E-state index is 0.373. The molecule has 0 spiro atoms. The van der Waals surface area contributed by atoms with Gasteiger partial charge in [-0.15, -0.1) is 0 Å². The zero-order valence-electron chi connectivity index (χ0n) is 8.80. The van der Waals surface area contributed by atoms with E-state index in [0.29, 0.717) is 11.6 Å². The molecular weight excluding hydrogens is 146 g/mol. The molecule has 1 atom stereocenters. The highest BCUT2D eigenvalue weighted by atomic mass is 15.2. The lowest BCUT2D eigenvalue weighted by molar-refractivity contribution is 0.113. The van der Waals surface area contributed by atoms with Crippen LogP contribution in [0.3, 0.4) is 0 Å². The van der Waals surface area contributed by atoms with Crippen LogP contribution < -0.4 is 0 Å². The molecule has 1 unspecified atom stereocenters. The lowest BCUT2D eigenvalue weighted by Crippen LogP contribution is -2.45. The van der Waals surface area contributed by atoms with Gasteiger partial charge in [0.25, 0.3) is 0 Å². The van der Waals surface area contributed by atoms with Crippen LogP contribution in [-0.4, -0.2) is 23.0 Å². The average molecular weight is 167 g/mol. The molecule has 70 valence electrons. The van der Waals surface area contributed by atoms with Crippen molar-refractivity contribution in [1.29, 1.82) is 0 Å². The molecule has 0 fully saturated rings. The van der Waals surface area contributed by atoms with E-state index in [0.717, 1.165) is 6.54 Å². The number of nitrogens with zero attached hydrogens (tertiary/aromatic N) is 1. The van der Waals surface area contributed by atoms with Gasteiger partial charge in [0.2, 0.25) is 0 Å². The molecule has 0 aromatic carbocycles. The van der Waals surface area contributed by atoms with Crippen molar-refractivity contribution in [3.05, 3.63) is 12.2 Å². The van der Waals surface area contributed by atoms with Crippen LogP contribution in [0.25, 0.3) is 0 Å². The van der Waals surface area contributed by atoms with Crippen molar-refractivity contribution in [2.45, 2.75) is 52.1 Å². The van der Waals surface area contributed by atoms with Crippen LogP contribution in [0.4, 0.5) is 0 Å². The topological polar surface area (TPSA) is 3.24 Å². The molecule has 12 heavy (non-hydrogen) atoms. The Bertz CT molecular complexity index is 170. The maximum atomic E-state index is 2.57. The summed E-state index contributed by atoms with van der Waals surface area (Å²) in [6, 6.07) is 0.631. The standard InChI is InChI=1S/C11H21N/c1-5-8-11(3,4)12-9-6-7-10(12)2/h6-7,10H,5,8-9H2,1-4H3. The fraction of sp³-hybridized carbons (Fsp3) is 0.818. The van der Waals surface area contributed by atoms with E-state index in [1.165, 1.54) is 12.8 Å². The van der Waals surface area contributed by atoms with Crippen LogP contribution in [0.1, 0.15) is 40.5 Å². The highest BCUT2D eigenvalue weighted by Gasteiger charge is 2.29. The van der Waals surface area contributed by atoms with Crippen LogP contribution >= 0.6 is 0 Å². The van der Waals surface area contributed by atoms with Crippen molar-refractivity contribution in [2.75, 3.05) is 6.54 Å². The smallest absolute Gasteiger partial charge is 0.0258 e. The maximum Gasteiger partial charge on any atom is 0.0258 e. The van der Waals surface area contributed by atoms with Crippen molar-refractivity contribution in [3.63, 3.8) is 0 Å². The van der Waals surface area contributed by atoms with Gasteiger partial charge in [0.05, 0.1) is 0 Å². The Balaban J connectivity index is 2.56. The van der Waals surface area contributed by atoms with E-state index in [1.807, 2.05) is 0 Å². The van der Waals surface area contributed by atoms with Gasteiger partial charge in [-0.25, -0.2) is 0 Å². The molecule has 0 aromatic heterocycles. The molecule has 0 N–H and O–H groups in total. The molecule has 1 heterocycles. The van der Waals surface area contributed by atoms with Gasteiger partial charge >= 0.3 is 0 Å². The molecule has 1 heteroatoms. The molecule has 0 radical (unpaired) electrons. The molecule has 1 aliphatic heterocycles. The van der Waals surface area contributed by atoms with Gasteiger partial charge in [-0.2, -0.15) is 0 Å². The zero-order chi connectivity index (χ0) is 9.19. The summed E-state index contributed by atoms with van der Waals surface area (Å²) in [7, 11) is 0. The lowest BCUT2D eigenvalue weighted by Gasteiger charge is -2.38. The summed E-state index contributed by atoms with van der Waals surface area (Å²) in [5.41, 5.74) is 0.373. The SMILES string of the molecule is CCCC(C)(C)N1CC=CC1C. The second-order valence-corrected chi connectivity index (χ2v) is 4.38. The van der Waals surface area contributed by atoms with Crippen molar-refractivity contribution >= 4 is 0 Å². The summed E-state index contributed by atoms with van der Waals surface area (Å²) in [6.45, 7) is 10.4. The van der Waals surface area contributed by atoms with E-state index in [2.05, 4.69) is 44.7 Å². The van der Waals surface area contributed by atoms with Crippen LogP contribution in [0, 0.1) is 0 Å². The van der Waals surface area contributed by atoms with E-state index in [9.17, 15) is 0 Å². The first kappa shape index (κ1) is 9.79. The van der Waals surface area contributed by atoms with Crippen LogP contribution in [0.5, 0.6) is 0 Å². The first-order chi connectivity index (χ1) is 5.58. The predicted molar refractivity (Wildman–Crippen MR) is 54.3 cm³/mol. The van der Waals surface area contributed by atoms with Crippen LogP contribution in [-0.2, 0) is 0 Å². The first-order valence-corrected chi connectivity index (χ1v) is 5.01. The van der Waals surface area contributed by atoms with Gasteiger partial charge < -0.3 is 0 Å². The molecule has 1 nitrogen and oxygen atoms in total. The second kappa shape index (κ2) is 3.61. The summed E-state index contributed by atoms with van der Waals surface area (Å²) < 4.78 is 0. The lowest BCUT2D eigenvalue weighted by atomic mass is 9.96. The normalized spacial score (nSPS) is 25.2. The summed E-state index contributed by atoms with van der Waals surface area (Å²) in [5.74, 6) is 0. The number of hydrogen-bond donors (Lipinski definition) is 0. The first-order valence-electron chi connectivity index (χ1n) is 5.01. The zero-order valence-corrected chi connectivity index (χ0v) is 8.80. The summed E-state index contributed by atoms with van der Waals surface area (Å²) in [4.78, 5) is 2.57. The van der Waals surface area contributed by atoms with Gasteiger partial charge in [0.15, 0.2) is 0 Å². The van der Waals surface area contributed by atoms with Gasteiger partial charge in [-0.1, -0.05) is 25.5 Å². The quantitative estimate of drug-likeness (QED) is 0.584. The molecule has 1 rings (SSSR count). The van der Waals surface area contributed by atoms with Crippen molar-refractivity contribution in [1.82, 2.24) is 4.90 Å². The van der Waals surface area contributed by atoms with E-state index < -0.39 is 0 Å². The average Bonchev–Trinajstić information content (AvgIpc) is 2.35. The van der Waals surface area contributed by atoms with Crippen LogP contribution in [0.2, 0.25) is 0 Å².